The first kappa shape index (κ1) is 23.3. The highest BCUT2D eigenvalue weighted by Crippen LogP contribution is 2.30. The van der Waals surface area contributed by atoms with Crippen LogP contribution >= 0.6 is 0 Å². The van der Waals surface area contributed by atoms with Crippen molar-refractivity contribution in [2.24, 2.45) is 7.05 Å². The quantitative estimate of drug-likeness (QED) is 0.490. The predicted octanol–water partition coefficient (Wildman–Crippen LogP) is 2.68. The first-order valence-corrected chi connectivity index (χ1v) is 11.3. The number of imidazole rings is 1. The zero-order valence-electron chi connectivity index (χ0n) is 18.2. The molecule has 0 fully saturated rings. The van der Waals surface area contributed by atoms with Crippen LogP contribution in [0.3, 0.4) is 0 Å². The van der Waals surface area contributed by atoms with Crippen LogP contribution in [0.15, 0.2) is 59.8 Å². The number of nitrogens with zero attached hydrogens (tertiary/aromatic N) is 2. The monoisotopic (exact) mass is 459 g/mol. The van der Waals surface area contributed by atoms with Gasteiger partial charge in [-0.1, -0.05) is 0 Å². The largest absolute Gasteiger partial charge is 0.497 e. The molecular formula is C22H25N3O6S. The molecule has 32 heavy (non-hydrogen) atoms. The number of nitrogens with one attached hydrogen (secondary N) is 1. The minimum absolute atomic E-state index is 0.000353. The molecule has 1 atom stereocenters. The van der Waals surface area contributed by atoms with Crippen LogP contribution in [-0.2, 0) is 21.8 Å². The summed E-state index contributed by atoms with van der Waals surface area (Å²) < 4.78 is 46.5. The molecule has 3 rings (SSSR count). The maximum atomic E-state index is 13.2. The fraction of sp³-hybridized carbons (Fsp3) is 0.273. The van der Waals surface area contributed by atoms with Gasteiger partial charge in [0.15, 0.2) is 0 Å². The molecule has 0 saturated carbocycles. The summed E-state index contributed by atoms with van der Waals surface area (Å²) in [5.41, 5.74) is 0.853. The SMILES string of the molecule is CCOC(=O)c1ccc(S(=O)(=O)N[C@@H](c2cc(OC)cc(OC)c2)c2nccn2C)cc1. The second kappa shape index (κ2) is 9.84. The minimum Gasteiger partial charge on any atom is -0.497 e. The normalized spacial score (nSPS) is 12.2. The number of sulfonamides is 1. The van der Waals surface area contributed by atoms with Crippen LogP contribution in [-0.4, -0.2) is 44.8 Å². The Balaban J connectivity index is 2.00. The lowest BCUT2D eigenvalue weighted by Gasteiger charge is -2.20. The molecule has 0 aliphatic rings. The lowest BCUT2D eigenvalue weighted by molar-refractivity contribution is 0.0526. The Kier molecular flexibility index (Phi) is 7.16. The van der Waals surface area contributed by atoms with Crippen LogP contribution in [0.4, 0.5) is 0 Å². The van der Waals surface area contributed by atoms with Gasteiger partial charge in [-0.3, -0.25) is 0 Å². The molecule has 2 aromatic carbocycles. The fourth-order valence-electron chi connectivity index (χ4n) is 3.13. The number of rotatable bonds is 9. The summed E-state index contributed by atoms with van der Waals surface area (Å²) in [4.78, 5) is 16.2. The zero-order chi connectivity index (χ0) is 23.3. The van der Waals surface area contributed by atoms with Crippen LogP contribution < -0.4 is 14.2 Å². The molecule has 0 aliphatic carbocycles. The molecular weight excluding hydrogens is 434 g/mol. The van der Waals surface area contributed by atoms with E-state index < -0.39 is 22.0 Å². The van der Waals surface area contributed by atoms with E-state index >= 15 is 0 Å². The molecule has 0 aliphatic heterocycles. The summed E-state index contributed by atoms with van der Waals surface area (Å²) in [5.74, 6) is 0.985. The van der Waals surface area contributed by atoms with Crippen molar-refractivity contribution in [1.82, 2.24) is 14.3 Å². The van der Waals surface area contributed by atoms with Crippen molar-refractivity contribution < 1.29 is 27.4 Å². The summed E-state index contributed by atoms with van der Waals surface area (Å²) >= 11 is 0. The van der Waals surface area contributed by atoms with Gasteiger partial charge in [-0.15, -0.1) is 0 Å². The van der Waals surface area contributed by atoms with Crippen molar-refractivity contribution in [2.75, 3.05) is 20.8 Å². The standard InChI is InChI=1S/C22H25N3O6S/c1-5-31-22(26)15-6-8-19(9-7-15)32(27,28)24-20(21-23-10-11-25(21)2)16-12-17(29-3)14-18(13-16)30-4/h6-14,20,24H,5H2,1-4H3/t20-/m0/s1. The minimum atomic E-state index is -3.98. The van der Waals surface area contributed by atoms with Crippen LogP contribution in [0.5, 0.6) is 11.5 Å². The highest BCUT2D eigenvalue weighted by molar-refractivity contribution is 7.89. The van der Waals surface area contributed by atoms with E-state index in [2.05, 4.69) is 9.71 Å². The van der Waals surface area contributed by atoms with E-state index in [0.717, 1.165) is 0 Å². The van der Waals surface area contributed by atoms with E-state index in [1.165, 1.54) is 38.5 Å². The van der Waals surface area contributed by atoms with Gasteiger partial charge in [-0.05, 0) is 48.9 Å². The van der Waals surface area contributed by atoms with Gasteiger partial charge in [0.2, 0.25) is 10.0 Å². The highest BCUT2D eigenvalue weighted by Gasteiger charge is 2.27. The Hall–Kier alpha value is -3.37. The van der Waals surface area contributed by atoms with Crippen molar-refractivity contribution in [3.8, 4) is 11.5 Å². The van der Waals surface area contributed by atoms with Crippen molar-refractivity contribution >= 4 is 16.0 Å². The van der Waals surface area contributed by atoms with E-state index in [9.17, 15) is 13.2 Å². The van der Waals surface area contributed by atoms with Crippen LogP contribution in [0.2, 0.25) is 0 Å². The number of methoxy groups -OCH3 is 2. The Bertz CT molecular complexity index is 1170. The molecule has 1 N–H and O–H groups in total. The van der Waals surface area contributed by atoms with Gasteiger partial charge in [-0.2, -0.15) is 4.72 Å². The number of hydrogen-bond donors (Lipinski definition) is 1. The topological polar surface area (TPSA) is 109 Å². The van der Waals surface area contributed by atoms with E-state index in [-0.39, 0.29) is 17.1 Å². The van der Waals surface area contributed by atoms with Gasteiger partial charge in [0, 0.05) is 25.5 Å². The summed E-state index contributed by atoms with van der Waals surface area (Å²) in [7, 11) is 0.826. The fourth-order valence-corrected chi connectivity index (χ4v) is 4.31. The Morgan fingerprint density at radius 2 is 1.72 bits per heavy atom. The first-order valence-electron chi connectivity index (χ1n) is 9.78. The average Bonchev–Trinajstić information content (AvgIpc) is 3.22. The number of carbonyl (C=O) groups excluding carboxylic acids is 1. The second-order valence-electron chi connectivity index (χ2n) is 6.84. The molecule has 9 nitrogen and oxygen atoms in total. The molecule has 0 radical (unpaired) electrons. The van der Waals surface area contributed by atoms with Crippen molar-refractivity contribution in [3.63, 3.8) is 0 Å². The molecule has 0 unspecified atom stereocenters. The molecule has 1 heterocycles. The number of carbonyl (C=O) groups is 1. The Morgan fingerprint density at radius 3 is 2.22 bits per heavy atom. The molecule has 0 spiro atoms. The molecule has 0 bridgehead atoms. The van der Waals surface area contributed by atoms with E-state index in [1.807, 2.05) is 0 Å². The van der Waals surface area contributed by atoms with Crippen molar-refractivity contribution in [2.45, 2.75) is 17.9 Å². The van der Waals surface area contributed by atoms with Crippen LogP contribution in [0.25, 0.3) is 0 Å². The van der Waals surface area contributed by atoms with E-state index in [1.54, 1.807) is 49.1 Å². The van der Waals surface area contributed by atoms with E-state index in [4.69, 9.17) is 14.2 Å². The van der Waals surface area contributed by atoms with Crippen molar-refractivity contribution in [3.05, 3.63) is 71.8 Å². The van der Waals surface area contributed by atoms with Crippen LogP contribution in [0, 0.1) is 0 Å². The smallest absolute Gasteiger partial charge is 0.338 e. The Morgan fingerprint density at radius 1 is 1.09 bits per heavy atom. The maximum Gasteiger partial charge on any atom is 0.338 e. The maximum absolute atomic E-state index is 13.2. The average molecular weight is 460 g/mol. The number of benzene rings is 2. The number of hydrogen-bond acceptors (Lipinski definition) is 7. The van der Waals surface area contributed by atoms with Crippen molar-refractivity contribution in [1.29, 1.82) is 0 Å². The number of aryl methyl sites for hydroxylation is 1. The number of aromatic nitrogens is 2. The Labute approximate surface area is 187 Å². The third kappa shape index (κ3) is 5.09. The van der Waals surface area contributed by atoms with Gasteiger partial charge in [0.05, 0.1) is 31.3 Å². The molecule has 0 amide bonds. The van der Waals surface area contributed by atoms with Gasteiger partial charge in [0.1, 0.15) is 23.4 Å². The number of esters is 1. The molecule has 170 valence electrons. The zero-order valence-corrected chi connectivity index (χ0v) is 19.0. The van der Waals surface area contributed by atoms with Gasteiger partial charge in [0.25, 0.3) is 0 Å². The predicted molar refractivity (Wildman–Crippen MR) is 117 cm³/mol. The third-order valence-electron chi connectivity index (χ3n) is 4.77. The van der Waals surface area contributed by atoms with E-state index in [0.29, 0.717) is 22.9 Å². The number of ether oxygens (including phenoxy) is 3. The molecule has 0 saturated heterocycles. The second-order valence-corrected chi connectivity index (χ2v) is 8.56. The van der Waals surface area contributed by atoms with Gasteiger partial charge < -0.3 is 18.8 Å². The summed E-state index contributed by atoms with van der Waals surface area (Å²) in [6, 6.07) is 9.85. The molecule has 1 aromatic heterocycles. The molecule has 3 aromatic rings. The summed E-state index contributed by atoms with van der Waals surface area (Å²) in [6.45, 7) is 1.93. The van der Waals surface area contributed by atoms with Crippen LogP contribution in [0.1, 0.15) is 34.7 Å². The summed E-state index contributed by atoms with van der Waals surface area (Å²) in [5, 5.41) is 0. The van der Waals surface area contributed by atoms with Gasteiger partial charge >= 0.3 is 5.97 Å². The third-order valence-corrected chi connectivity index (χ3v) is 6.21. The first-order chi connectivity index (χ1) is 15.3. The summed E-state index contributed by atoms with van der Waals surface area (Å²) in [6.07, 6.45) is 3.31. The lowest BCUT2D eigenvalue weighted by Crippen LogP contribution is -2.31. The van der Waals surface area contributed by atoms with Gasteiger partial charge in [-0.25, -0.2) is 18.2 Å². The lowest BCUT2D eigenvalue weighted by atomic mass is 10.1. The highest BCUT2D eigenvalue weighted by atomic mass is 32.2. The molecule has 10 heteroatoms.